The predicted molar refractivity (Wildman–Crippen MR) is 92.9 cm³/mol. The molecule has 1 aliphatic carbocycles. The summed E-state index contributed by atoms with van der Waals surface area (Å²) >= 11 is 0. The fraction of sp³-hybridized carbons (Fsp3) is 0.474. The first kappa shape index (κ1) is 15.4. The van der Waals surface area contributed by atoms with Crippen LogP contribution in [0, 0.1) is 0 Å². The molecule has 1 amide bonds. The Hall–Kier alpha value is -2.14. The number of para-hydroxylation sites is 1. The van der Waals surface area contributed by atoms with Crippen molar-refractivity contribution >= 4 is 22.6 Å². The van der Waals surface area contributed by atoms with Crippen molar-refractivity contribution in [3.63, 3.8) is 0 Å². The summed E-state index contributed by atoms with van der Waals surface area (Å²) in [4.78, 5) is 30.4. The van der Waals surface area contributed by atoms with E-state index < -0.39 is 5.54 Å². The van der Waals surface area contributed by atoms with Gasteiger partial charge in [0.25, 0.3) is 0 Å². The van der Waals surface area contributed by atoms with Crippen molar-refractivity contribution < 1.29 is 9.59 Å². The summed E-state index contributed by atoms with van der Waals surface area (Å²) in [6.45, 7) is 2.53. The molecule has 2 aromatic rings. The Bertz CT molecular complexity index is 812. The van der Waals surface area contributed by atoms with Crippen LogP contribution in [0.25, 0.3) is 10.9 Å². The van der Waals surface area contributed by atoms with Crippen molar-refractivity contribution in [2.75, 3.05) is 13.6 Å². The maximum Gasteiger partial charge on any atom is 0.238 e. The summed E-state index contributed by atoms with van der Waals surface area (Å²) in [7, 11) is 1.97. The number of likely N-dealkylation sites (N-methyl/N-ethyl adjacent to an activating group) is 1. The van der Waals surface area contributed by atoms with Crippen LogP contribution in [-0.4, -0.2) is 46.7 Å². The summed E-state index contributed by atoms with van der Waals surface area (Å²) in [5.74, 6) is 0.0983. The van der Waals surface area contributed by atoms with Crippen LogP contribution in [0.2, 0.25) is 0 Å². The molecule has 2 aliphatic rings. The molecule has 0 spiro atoms. The smallest absolute Gasteiger partial charge is 0.238 e. The highest BCUT2D eigenvalue weighted by atomic mass is 16.2. The quantitative estimate of drug-likeness (QED) is 0.906. The average Bonchev–Trinajstić information content (AvgIpc) is 2.93. The molecule has 1 aromatic heterocycles. The van der Waals surface area contributed by atoms with Crippen molar-refractivity contribution in [1.82, 2.24) is 15.2 Å². The minimum absolute atomic E-state index is 0.00691. The summed E-state index contributed by atoms with van der Waals surface area (Å²) in [6.07, 6.45) is 4.57. The molecule has 5 nitrogen and oxygen atoms in total. The molecule has 0 bridgehead atoms. The van der Waals surface area contributed by atoms with Gasteiger partial charge in [-0.3, -0.25) is 14.5 Å². The Morgan fingerprint density at radius 2 is 2.12 bits per heavy atom. The van der Waals surface area contributed by atoms with Crippen LogP contribution in [0.3, 0.4) is 0 Å². The largest absolute Gasteiger partial charge is 0.361 e. The monoisotopic (exact) mass is 325 g/mol. The van der Waals surface area contributed by atoms with E-state index in [1.54, 1.807) is 6.92 Å². The summed E-state index contributed by atoms with van der Waals surface area (Å²) in [5.41, 5.74) is 1.46. The summed E-state index contributed by atoms with van der Waals surface area (Å²) in [6, 6.07) is 7.99. The van der Waals surface area contributed by atoms with E-state index in [1.807, 2.05) is 31.4 Å². The number of fused-ring (bicyclic) bond motifs is 1. The van der Waals surface area contributed by atoms with Crippen LogP contribution < -0.4 is 5.32 Å². The molecule has 1 unspecified atom stereocenters. The lowest BCUT2D eigenvalue weighted by molar-refractivity contribution is -0.130. The van der Waals surface area contributed by atoms with E-state index in [2.05, 4.69) is 21.3 Å². The zero-order valence-corrected chi connectivity index (χ0v) is 14.1. The van der Waals surface area contributed by atoms with Crippen molar-refractivity contribution in [3.8, 4) is 0 Å². The Kier molecular flexibility index (Phi) is 3.49. The van der Waals surface area contributed by atoms with Gasteiger partial charge in [-0.15, -0.1) is 0 Å². The molecule has 2 fully saturated rings. The van der Waals surface area contributed by atoms with Crippen LogP contribution in [0.5, 0.6) is 0 Å². The first-order valence-corrected chi connectivity index (χ1v) is 8.62. The lowest BCUT2D eigenvalue weighted by Crippen LogP contribution is -2.50. The number of hydrogen-bond acceptors (Lipinski definition) is 3. The highest BCUT2D eigenvalue weighted by molar-refractivity contribution is 5.98. The van der Waals surface area contributed by atoms with E-state index >= 15 is 0 Å². The number of aromatic nitrogens is 1. The van der Waals surface area contributed by atoms with Crippen LogP contribution in [-0.2, 0) is 9.59 Å². The third-order valence-corrected chi connectivity index (χ3v) is 5.76. The maximum atomic E-state index is 12.7. The van der Waals surface area contributed by atoms with Crippen LogP contribution in [0.15, 0.2) is 30.5 Å². The van der Waals surface area contributed by atoms with Crippen LogP contribution in [0.1, 0.15) is 37.7 Å². The molecule has 2 heterocycles. The number of nitrogens with one attached hydrogen (secondary N) is 2. The standard InChI is InChI=1S/C19H23N3O2/c1-12(23)19(21-18(24)17-8-5-9-22(17)2)10-15(19)14-11-20-16-7-4-3-6-13(14)16/h3-4,6-7,11,15,17,20H,5,8-10H2,1-2H3,(H,21,24)/t15-,17-,19?/m0/s1. The zero-order valence-electron chi connectivity index (χ0n) is 14.1. The Balaban J connectivity index is 1.60. The van der Waals surface area contributed by atoms with Crippen molar-refractivity contribution in [3.05, 3.63) is 36.0 Å². The van der Waals surface area contributed by atoms with Crippen LogP contribution in [0.4, 0.5) is 0 Å². The molecule has 1 saturated heterocycles. The SMILES string of the molecule is CC(=O)C1(NC(=O)[C@@H]2CCCN2C)C[C@H]1c1c[nH]c2ccccc12. The molecule has 0 radical (unpaired) electrons. The number of rotatable bonds is 4. The second kappa shape index (κ2) is 5.45. The minimum Gasteiger partial charge on any atom is -0.361 e. The van der Waals surface area contributed by atoms with Gasteiger partial charge in [0.15, 0.2) is 5.78 Å². The molecule has 3 atom stereocenters. The number of amides is 1. The van der Waals surface area contributed by atoms with E-state index in [4.69, 9.17) is 0 Å². The van der Waals surface area contributed by atoms with Gasteiger partial charge in [-0.05, 0) is 51.4 Å². The van der Waals surface area contributed by atoms with Crippen molar-refractivity contribution in [2.45, 2.75) is 43.7 Å². The van der Waals surface area contributed by atoms with Gasteiger partial charge >= 0.3 is 0 Å². The molecule has 1 saturated carbocycles. The number of benzene rings is 1. The number of nitrogens with zero attached hydrogens (tertiary/aromatic N) is 1. The molecule has 1 aromatic carbocycles. The molecular weight excluding hydrogens is 302 g/mol. The van der Waals surface area contributed by atoms with E-state index in [-0.39, 0.29) is 23.7 Å². The second-order valence-corrected chi connectivity index (χ2v) is 7.20. The fourth-order valence-electron chi connectivity index (χ4n) is 4.18. The number of H-pyrrole nitrogens is 1. The summed E-state index contributed by atoms with van der Waals surface area (Å²) in [5, 5.41) is 4.24. The van der Waals surface area contributed by atoms with Gasteiger partial charge in [0, 0.05) is 23.0 Å². The molecular formula is C19H23N3O2. The normalized spacial score (nSPS) is 29.8. The van der Waals surface area contributed by atoms with E-state index in [0.717, 1.165) is 35.9 Å². The Morgan fingerprint density at radius 3 is 2.83 bits per heavy atom. The van der Waals surface area contributed by atoms with Gasteiger partial charge in [0.05, 0.1) is 6.04 Å². The maximum absolute atomic E-state index is 12.7. The third-order valence-electron chi connectivity index (χ3n) is 5.76. The number of carbonyl (C=O) groups excluding carboxylic acids is 2. The van der Waals surface area contributed by atoms with E-state index in [1.165, 1.54) is 0 Å². The number of carbonyl (C=O) groups is 2. The van der Waals surface area contributed by atoms with Crippen molar-refractivity contribution in [1.29, 1.82) is 0 Å². The van der Waals surface area contributed by atoms with Crippen LogP contribution >= 0.6 is 0 Å². The van der Waals surface area contributed by atoms with Gasteiger partial charge in [-0.1, -0.05) is 18.2 Å². The first-order chi connectivity index (χ1) is 11.5. The summed E-state index contributed by atoms with van der Waals surface area (Å²) < 4.78 is 0. The minimum atomic E-state index is -0.731. The highest BCUT2D eigenvalue weighted by Crippen LogP contribution is 2.53. The van der Waals surface area contributed by atoms with Gasteiger partial charge in [-0.25, -0.2) is 0 Å². The molecule has 2 N–H and O–H groups in total. The van der Waals surface area contributed by atoms with Crippen molar-refractivity contribution in [2.24, 2.45) is 0 Å². The van der Waals surface area contributed by atoms with Gasteiger partial charge < -0.3 is 10.3 Å². The third kappa shape index (κ3) is 2.26. The first-order valence-electron chi connectivity index (χ1n) is 8.62. The van der Waals surface area contributed by atoms with E-state index in [9.17, 15) is 9.59 Å². The molecule has 5 heteroatoms. The van der Waals surface area contributed by atoms with Gasteiger partial charge in [-0.2, -0.15) is 0 Å². The Morgan fingerprint density at radius 1 is 1.33 bits per heavy atom. The predicted octanol–water partition coefficient (Wildman–Crippen LogP) is 2.19. The van der Waals surface area contributed by atoms with E-state index in [0.29, 0.717) is 6.42 Å². The Labute approximate surface area is 141 Å². The number of likely N-dealkylation sites (tertiary alicyclic amines) is 1. The molecule has 4 rings (SSSR count). The average molecular weight is 325 g/mol. The van der Waals surface area contributed by atoms with Gasteiger partial charge in [0.1, 0.15) is 5.54 Å². The molecule has 24 heavy (non-hydrogen) atoms. The fourth-order valence-corrected chi connectivity index (χ4v) is 4.18. The van der Waals surface area contributed by atoms with Gasteiger partial charge in [0.2, 0.25) is 5.91 Å². The lowest BCUT2D eigenvalue weighted by atomic mass is 10.0. The number of hydrogen-bond donors (Lipinski definition) is 2. The zero-order chi connectivity index (χ0) is 16.9. The number of ketones is 1. The topological polar surface area (TPSA) is 65.2 Å². The number of aromatic amines is 1. The lowest BCUT2D eigenvalue weighted by Gasteiger charge is -2.23. The highest BCUT2D eigenvalue weighted by Gasteiger charge is 2.60. The second-order valence-electron chi connectivity index (χ2n) is 7.20. The molecule has 126 valence electrons. The molecule has 1 aliphatic heterocycles. The number of Topliss-reactive ketones (excluding diaryl/α,β-unsaturated/α-hetero) is 1.